The third-order valence-electron chi connectivity index (χ3n) is 1.21. The first-order valence-corrected chi connectivity index (χ1v) is 3.45. The molecule has 0 unspecified atom stereocenters. The molecule has 3 heteroatoms. The molecule has 0 amide bonds. The Morgan fingerprint density at radius 2 is 1.67 bits per heavy atom. The van der Waals surface area contributed by atoms with Crippen LogP contribution in [-0.4, -0.2) is 6.54 Å². The van der Waals surface area contributed by atoms with Gasteiger partial charge in [0.2, 0.25) is 0 Å². The standard InChI is InChI=1S/C9H11N.2Li/c1-2-8-10-9-6-4-3-5-7-9;;/h3-7H,1-2,8H2;;/q-2;2*+1. The second-order valence-electron chi connectivity index (χ2n) is 2.07. The topological polar surface area (TPSA) is 14.1 Å². The van der Waals surface area contributed by atoms with E-state index in [1.54, 1.807) is 0 Å². The Bertz CT molecular complexity index is 177. The van der Waals surface area contributed by atoms with E-state index in [4.69, 9.17) is 0 Å². The molecule has 1 nitrogen and oxygen atoms in total. The van der Waals surface area contributed by atoms with Crippen molar-refractivity contribution in [3.05, 3.63) is 42.6 Å². The fourth-order valence-electron chi connectivity index (χ4n) is 0.742. The largest absolute Gasteiger partial charge is 1.00 e. The van der Waals surface area contributed by atoms with Crippen molar-refractivity contribution in [2.45, 2.75) is 6.42 Å². The van der Waals surface area contributed by atoms with Crippen LogP contribution in [-0.2, 0) is 0 Å². The van der Waals surface area contributed by atoms with E-state index in [0.717, 1.165) is 18.7 Å². The summed E-state index contributed by atoms with van der Waals surface area (Å²) in [5.41, 5.74) is 1.05. The van der Waals surface area contributed by atoms with E-state index in [2.05, 4.69) is 12.2 Å². The third kappa shape index (κ3) is 5.81. The number of hydrogen-bond acceptors (Lipinski definition) is 0. The van der Waals surface area contributed by atoms with Crippen molar-refractivity contribution < 1.29 is 37.7 Å². The Kier molecular flexibility index (Phi) is 11.4. The van der Waals surface area contributed by atoms with Gasteiger partial charge in [0, 0.05) is 0 Å². The van der Waals surface area contributed by atoms with Crippen molar-refractivity contribution >= 4 is 5.69 Å². The number of hydrogen-bond donors (Lipinski definition) is 0. The fraction of sp³-hybridized carbons (Fsp3) is 0.222. The van der Waals surface area contributed by atoms with Gasteiger partial charge < -0.3 is 12.2 Å². The third-order valence-corrected chi connectivity index (χ3v) is 1.21. The number of rotatable bonds is 3. The van der Waals surface area contributed by atoms with Crippen molar-refractivity contribution in [2.75, 3.05) is 6.54 Å². The maximum atomic E-state index is 4.26. The van der Waals surface area contributed by atoms with Gasteiger partial charge in [0.25, 0.3) is 0 Å². The molecule has 1 rings (SSSR count). The summed E-state index contributed by atoms with van der Waals surface area (Å²) in [7, 11) is 0. The van der Waals surface area contributed by atoms with E-state index in [1.165, 1.54) is 0 Å². The summed E-state index contributed by atoms with van der Waals surface area (Å²) in [5.74, 6) is 0. The molecule has 0 aliphatic heterocycles. The van der Waals surface area contributed by atoms with E-state index in [1.807, 2.05) is 30.3 Å². The van der Waals surface area contributed by atoms with Gasteiger partial charge >= 0.3 is 37.7 Å². The van der Waals surface area contributed by atoms with E-state index < -0.39 is 0 Å². The van der Waals surface area contributed by atoms with Gasteiger partial charge in [-0.1, -0.05) is 30.3 Å². The maximum Gasteiger partial charge on any atom is 1.00 e. The summed E-state index contributed by atoms with van der Waals surface area (Å²) in [5, 5.41) is 4.26. The first-order valence-electron chi connectivity index (χ1n) is 3.45. The summed E-state index contributed by atoms with van der Waals surface area (Å²) in [6.45, 7) is 4.53. The molecule has 1 aromatic carbocycles. The molecular weight excluding hydrogens is 136 g/mol. The molecule has 0 fully saturated rings. The van der Waals surface area contributed by atoms with Crippen LogP contribution in [0.3, 0.4) is 0 Å². The van der Waals surface area contributed by atoms with Gasteiger partial charge in [0.1, 0.15) is 0 Å². The summed E-state index contributed by atoms with van der Waals surface area (Å²) < 4.78 is 0. The Morgan fingerprint density at radius 3 is 2.17 bits per heavy atom. The Labute approximate surface area is 98.7 Å². The minimum atomic E-state index is 0. The molecule has 0 aliphatic carbocycles. The first-order chi connectivity index (χ1) is 4.93. The summed E-state index contributed by atoms with van der Waals surface area (Å²) in [6.07, 6.45) is 0.870. The minimum Gasteiger partial charge on any atom is -0.686 e. The van der Waals surface area contributed by atoms with Crippen LogP contribution >= 0.6 is 0 Å². The van der Waals surface area contributed by atoms with E-state index in [0.29, 0.717) is 0 Å². The molecule has 0 aromatic heterocycles. The van der Waals surface area contributed by atoms with Crippen LogP contribution < -0.4 is 37.7 Å². The molecule has 0 N–H and O–H groups in total. The van der Waals surface area contributed by atoms with Crippen LogP contribution in [0.1, 0.15) is 6.42 Å². The van der Waals surface area contributed by atoms with Crippen LogP contribution in [0.4, 0.5) is 5.69 Å². The Morgan fingerprint density at radius 1 is 1.08 bits per heavy atom. The normalized spacial score (nSPS) is 7.75. The predicted molar refractivity (Wildman–Crippen MR) is 44.3 cm³/mol. The van der Waals surface area contributed by atoms with E-state index in [-0.39, 0.29) is 37.7 Å². The van der Waals surface area contributed by atoms with Crippen LogP contribution in [0.15, 0.2) is 30.3 Å². The average Bonchev–Trinajstić information content (AvgIpc) is 2.03. The van der Waals surface area contributed by atoms with Crippen molar-refractivity contribution in [3.63, 3.8) is 0 Å². The quantitative estimate of drug-likeness (QED) is 0.318. The van der Waals surface area contributed by atoms with Gasteiger partial charge in [-0.2, -0.15) is 13.0 Å². The zero-order valence-electron chi connectivity index (χ0n) is 7.96. The molecule has 0 saturated heterocycles. The molecule has 0 aliphatic rings. The zero-order valence-corrected chi connectivity index (χ0v) is 7.96. The second kappa shape index (κ2) is 9.30. The molecule has 0 saturated carbocycles. The van der Waals surface area contributed by atoms with Gasteiger partial charge in [-0.3, -0.25) is 0 Å². The maximum absolute atomic E-state index is 4.26. The van der Waals surface area contributed by atoms with Gasteiger partial charge in [0.05, 0.1) is 0 Å². The smallest absolute Gasteiger partial charge is 0.686 e. The van der Waals surface area contributed by atoms with Crippen molar-refractivity contribution in [1.82, 2.24) is 0 Å². The Balaban J connectivity index is 0. The summed E-state index contributed by atoms with van der Waals surface area (Å²) in [4.78, 5) is 0. The van der Waals surface area contributed by atoms with Crippen molar-refractivity contribution in [2.24, 2.45) is 0 Å². The first kappa shape index (κ1) is 14.7. The van der Waals surface area contributed by atoms with Crippen molar-refractivity contribution in [1.29, 1.82) is 0 Å². The van der Waals surface area contributed by atoms with Gasteiger partial charge in [-0.25, -0.2) is 0 Å². The summed E-state index contributed by atoms with van der Waals surface area (Å²) >= 11 is 0. The molecular formula is C9H11Li2N. The number of benzene rings is 1. The van der Waals surface area contributed by atoms with Gasteiger partial charge in [0.15, 0.2) is 0 Å². The monoisotopic (exact) mass is 147 g/mol. The van der Waals surface area contributed by atoms with Crippen LogP contribution in [0.25, 0.3) is 5.32 Å². The van der Waals surface area contributed by atoms with Crippen LogP contribution in [0, 0.1) is 6.92 Å². The van der Waals surface area contributed by atoms with Crippen LogP contribution in [0.2, 0.25) is 0 Å². The molecule has 54 valence electrons. The number of para-hydroxylation sites is 1. The predicted octanol–water partition coefficient (Wildman–Crippen LogP) is -3.08. The minimum absolute atomic E-state index is 0. The fourth-order valence-corrected chi connectivity index (χ4v) is 0.742. The second-order valence-corrected chi connectivity index (χ2v) is 2.07. The van der Waals surface area contributed by atoms with Gasteiger partial charge in [-0.05, 0) is 0 Å². The molecule has 12 heavy (non-hydrogen) atoms. The molecule has 0 atom stereocenters. The SMILES string of the molecule is [CH2-]CC[N-]c1ccccc1.[Li+].[Li+]. The van der Waals surface area contributed by atoms with Gasteiger partial charge in [-0.15, -0.1) is 5.69 Å². The van der Waals surface area contributed by atoms with Crippen molar-refractivity contribution in [3.8, 4) is 0 Å². The number of nitrogens with zero attached hydrogens (tertiary/aromatic N) is 1. The summed E-state index contributed by atoms with van der Waals surface area (Å²) in [6, 6.07) is 9.96. The average molecular weight is 147 g/mol. The molecule has 0 spiro atoms. The molecule has 0 bridgehead atoms. The molecule has 0 radical (unpaired) electrons. The zero-order chi connectivity index (χ0) is 7.23. The molecule has 1 aromatic rings. The van der Waals surface area contributed by atoms with E-state index >= 15 is 0 Å². The Hall–Kier alpha value is 0.215. The molecule has 0 heterocycles. The van der Waals surface area contributed by atoms with E-state index in [9.17, 15) is 0 Å². The van der Waals surface area contributed by atoms with Crippen LogP contribution in [0.5, 0.6) is 0 Å².